The lowest BCUT2D eigenvalue weighted by molar-refractivity contribution is 0.627. The topological polar surface area (TPSA) is 52.8 Å². The zero-order valence-electron chi connectivity index (χ0n) is 9.44. The average molecular weight is 204 g/mol. The summed E-state index contributed by atoms with van der Waals surface area (Å²) >= 11 is 0. The zero-order valence-corrected chi connectivity index (χ0v) is 9.44. The molecule has 1 aromatic rings. The van der Waals surface area contributed by atoms with E-state index in [0.29, 0.717) is 12.5 Å². The van der Waals surface area contributed by atoms with Crippen LogP contribution >= 0.6 is 0 Å². The molecule has 4 heteroatoms. The maximum atomic E-state index is 8.53. The molecule has 0 fully saturated rings. The van der Waals surface area contributed by atoms with Crippen LogP contribution in [0.4, 0.5) is 5.82 Å². The molecule has 0 aliphatic carbocycles. The molecule has 15 heavy (non-hydrogen) atoms. The molecule has 1 heterocycles. The Balaban J connectivity index is 2.68. The minimum atomic E-state index is 0.332. The smallest absolute Gasteiger partial charge is 0.151 e. The molecule has 0 aromatic carbocycles. The Labute approximate surface area is 90.5 Å². The van der Waals surface area contributed by atoms with Gasteiger partial charge in [0.2, 0.25) is 0 Å². The van der Waals surface area contributed by atoms with Gasteiger partial charge in [-0.05, 0) is 24.5 Å². The largest absolute Gasteiger partial charge is 0.345 e. The summed E-state index contributed by atoms with van der Waals surface area (Å²) in [5, 5.41) is 16.7. The van der Waals surface area contributed by atoms with E-state index < -0.39 is 0 Å². The molecule has 0 spiro atoms. The van der Waals surface area contributed by atoms with Gasteiger partial charge < -0.3 is 4.90 Å². The molecule has 0 N–H and O–H groups in total. The van der Waals surface area contributed by atoms with Crippen LogP contribution in [0.3, 0.4) is 0 Å². The van der Waals surface area contributed by atoms with E-state index in [-0.39, 0.29) is 0 Å². The van der Waals surface area contributed by atoms with Gasteiger partial charge in [0.1, 0.15) is 6.54 Å². The predicted molar refractivity (Wildman–Crippen MR) is 59.5 cm³/mol. The Bertz CT molecular complexity index is 337. The SMILES string of the molecule is CC(C)Cc1ccc(N(C)CC#N)nn1. The average Bonchev–Trinajstić information content (AvgIpc) is 2.18. The first-order valence-electron chi connectivity index (χ1n) is 5.04. The van der Waals surface area contributed by atoms with E-state index in [0.717, 1.165) is 17.9 Å². The van der Waals surface area contributed by atoms with Gasteiger partial charge in [-0.3, -0.25) is 0 Å². The molecule has 1 aromatic heterocycles. The highest BCUT2D eigenvalue weighted by Gasteiger charge is 2.04. The second-order valence-corrected chi connectivity index (χ2v) is 4.00. The van der Waals surface area contributed by atoms with Gasteiger partial charge in [0, 0.05) is 7.05 Å². The van der Waals surface area contributed by atoms with Gasteiger partial charge in [-0.25, -0.2) is 0 Å². The molecular formula is C11H16N4. The summed E-state index contributed by atoms with van der Waals surface area (Å²) in [4.78, 5) is 1.77. The van der Waals surface area contributed by atoms with E-state index in [9.17, 15) is 0 Å². The molecule has 0 aliphatic rings. The monoisotopic (exact) mass is 204 g/mol. The van der Waals surface area contributed by atoms with Crippen molar-refractivity contribution in [2.75, 3.05) is 18.5 Å². The van der Waals surface area contributed by atoms with E-state index >= 15 is 0 Å². The van der Waals surface area contributed by atoms with Crippen LogP contribution in [-0.4, -0.2) is 23.8 Å². The summed E-state index contributed by atoms with van der Waals surface area (Å²) in [7, 11) is 1.83. The number of hydrogen-bond acceptors (Lipinski definition) is 4. The van der Waals surface area contributed by atoms with Gasteiger partial charge in [0.15, 0.2) is 5.82 Å². The highest BCUT2D eigenvalue weighted by Crippen LogP contribution is 2.09. The van der Waals surface area contributed by atoms with E-state index in [1.165, 1.54) is 0 Å². The Morgan fingerprint density at radius 2 is 2.13 bits per heavy atom. The lowest BCUT2D eigenvalue weighted by atomic mass is 10.1. The van der Waals surface area contributed by atoms with E-state index in [4.69, 9.17) is 5.26 Å². The van der Waals surface area contributed by atoms with Gasteiger partial charge in [0.25, 0.3) is 0 Å². The summed E-state index contributed by atoms with van der Waals surface area (Å²) in [5.74, 6) is 1.33. The highest BCUT2D eigenvalue weighted by atomic mass is 15.2. The lowest BCUT2D eigenvalue weighted by Crippen LogP contribution is -2.19. The first-order chi connectivity index (χ1) is 7.13. The van der Waals surface area contributed by atoms with Crippen molar-refractivity contribution < 1.29 is 0 Å². The number of anilines is 1. The van der Waals surface area contributed by atoms with E-state index in [1.807, 2.05) is 19.2 Å². The van der Waals surface area contributed by atoms with Crippen LogP contribution in [0.2, 0.25) is 0 Å². The molecule has 80 valence electrons. The van der Waals surface area contributed by atoms with Crippen LogP contribution in [0.5, 0.6) is 0 Å². The van der Waals surface area contributed by atoms with Gasteiger partial charge in [-0.15, -0.1) is 5.10 Å². The third kappa shape index (κ3) is 3.55. The first kappa shape index (κ1) is 11.4. The molecule has 0 atom stereocenters. The molecule has 0 unspecified atom stereocenters. The van der Waals surface area contributed by atoms with Crippen molar-refractivity contribution in [2.45, 2.75) is 20.3 Å². The fourth-order valence-corrected chi connectivity index (χ4v) is 1.27. The molecular weight excluding hydrogens is 188 g/mol. The quantitative estimate of drug-likeness (QED) is 0.699. The highest BCUT2D eigenvalue weighted by molar-refractivity contribution is 5.37. The normalized spacial score (nSPS) is 10.1. The van der Waals surface area contributed by atoms with Crippen LogP contribution in [0.1, 0.15) is 19.5 Å². The summed E-state index contributed by atoms with van der Waals surface area (Å²) in [6.07, 6.45) is 0.940. The Morgan fingerprint density at radius 1 is 1.40 bits per heavy atom. The van der Waals surface area contributed by atoms with E-state index in [2.05, 4.69) is 30.1 Å². The standard InChI is InChI=1S/C11H16N4/c1-9(2)8-10-4-5-11(14-13-10)15(3)7-6-12/h4-5,9H,7-8H2,1-3H3. The molecule has 4 nitrogen and oxygen atoms in total. The maximum Gasteiger partial charge on any atom is 0.151 e. The summed E-state index contributed by atoms with van der Waals surface area (Å²) in [6.45, 7) is 4.63. The lowest BCUT2D eigenvalue weighted by Gasteiger charge is -2.13. The molecule has 0 bridgehead atoms. The van der Waals surface area contributed by atoms with Gasteiger partial charge in [-0.1, -0.05) is 13.8 Å². The second-order valence-electron chi connectivity index (χ2n) is 4.00. The Morgan fingerprint density at radius 3 is 2.60 bits per heavy atom. The summed E-state index contributed by atoms with van der Waals surface area (Å²) < 4.78 is 0. The number of rotatable bonds is 4. The van der Waals surface area contributed by atoms with Gasteiger partial charge >= 0.3 is 0 Å². The summed E-state index contributed by atoms with van der Waals surface area (Å²) in [5.41, 5.74) is 0.999. The number of nitrogens with zero attached hydrogens (tertiary/aromatic N) is 4. The third-order valence-electron chi connectivity index (χ3n) is 2.02. The molecule has 0 saturated heterocycles. The predicted octanol–water partition coefficient (Wildman–Crippen LogP) is 1.63. The fraction of sp³-hybridized carbons (Fsp3) is 0.545. The minimum Gasteiger partial charge on any atom is -0.345 e. The van der Waals surface area contributed by atoms with Crippen LogP contribution < -0.4 is 4.90 Å². The van der Waals surface area contributed by atoms with Crippen LogP contribution in [0, 0.1) is 17.2 Å². The molecule has 0 amide bonds. The number of aromatic nitrogens is 2. The Kier molecular flexibility index (Phi) is 4.04. The van der Waals surface area contributed by atoms with Crippen LogP contribution in [-0.2, 0) is 6.42 Å². The van der Waals surface area contributed by atoms with Gasteiger partial charge in [-0.2, -0.15) is 10.4 Å². The molecule has 0 saturated carbocycles. The first-order valence-corrected chi connectivity index (χ1v) is 5.04. The van der Waals surface area contributed by atoms with Crippen LogP contribution in [0.15, 0.2) is 12.1 Å². The van der Waals surface area contributed by atoms with Crippen molar-refractivity contribution in [1.82, 2.24) is 10.2 Å². The van der Waals surface area contributed by atoms with Gasteiger partial charge in [0.05, 0.1) is 11.8 Å². The van der Waals surface area contributed by atoms with Crippen molar-refractivity contribution in [1.29, 1.82) is 5.26 Å². The number of hydrogen-bond donors (Lipinski definition) is 0. The van der Waals surface area contributed by atoms with Crippen molar-refractivity contribution in [3.8, 4) is 6.07 Å². The molecule has 1 rings (SSSR count). The van der Waals surface area contributed by atoms with Crippen LogP contribution in [0.25, 0.3) is 0 Å². The zero-order chi connectivity index (χ0) is 11.3. The number of nitriles is 1. The van der Waals surface area contributed by atoms with Crippen molar-refractivity contribution >= 4 is 5.82 Å². The fourth-order valence-electron chi connectivity index (χ4n) is 1.27. The second kappa shape index (κ2) is 5.30. The minimum absolute atomic E-state index is 0.332. The van der Waals surface area contributed by atoms with Crippen molar-refractivity contribution in [2.24, 2.45) is 5.92 Å². The molecule has 0 radical (unpaired) electrons. The molecule has 0 aliphatic heterocycles. The maximum absolute atomic E-state index is 8.53. The van der Waals surface area contributed by atoms with Crippen molar-refractivity contribution in [3.05, 3.63) is 17.8 Å². The van der Waals surface area contributed by atoms with E-state index in [1.54, 1.807) is 4.90 Å². The Hall–Kier alpha value is -1.63. The third-order valence-corrected chi connectivity index (χ3v) is 2.02. The summed E-state index contributed by atoms with van der Waals surface area (Å²) in [6, 6.07) is 5.94. The van der Waals surface area contributed by atoms with Crippen molar-refractivity contribution in [3.63, 3.8) is 0 Å².